The summed E-state index contributed by atoms with van der Waals surface area (Å²) in [6.45, 7) is 0. The molecule has 1 aromatic heterocycles. The number of nitrogens with one attached hydrogen (secondary N) is 1. The van der Waals surface area contributed by atoms with Crippen molar-refractivity contribution in [3.8, 4) is 17.0 Å². The molecule has 0 aliphatic heterocycles. The number of hydrogen-bond donors (Lipinski definition) is 2. The number of rotatable bonds is 6. The van der Waals surface area contributed by atoms with Gasteiger partial charge in [0, 0.05) is 23.7 Å². The summed E-state index contributed by atoms with van der Waals surface area (Å²) >= 11 is 0. The first-order chi connectivity index (χ1) is 17.0. The summed E-state index contributed by atoms with van der Waals surface area (Å²) in [6.07, 6.45) is -1.97. The average Bonchev–Trinajstić information content (AvgIpc) is 2.83. The lowest BCUT2D eigenvalue weighted by Crippen LogP contribution is -2.04. The number of sulfone groups is 1. The standard InChI is InChI=1S/C24H18F3N5O3S/c1-36(34,35)22-14-17(10-11-21(22)33)31-32-20-5-3-2-4-18(20)19-12-13-28-23(30-19)29-16-8-6-15(7-9-16)24(25,26)27/h2-14,33H,1H3,(H,28,29,30). The van der Waals surface area contributed by atoms with E-state index in [1.54, 1.807) is 30.3 Å². The van der Waals surface area contributed by atoms with Gasteiger partial charge in [-0.3, -0.25) is 0 Å². The summed E-state index contributed by atoms with van der Waals surface area (Å²) in [7, 11) is -3.66. The summed E-state index contributed by atoms with van der Waals surface area (Å²) in [4.78, 5) is 8.28. The van der Waals surface area contributed by atoms with E-state index in [0.717, 1.165) is 18.4 Å². The lowest BCUT2D eigenvalue weighted by atomic mass is 10.1. The van der Waals surface area contributed by atoms with Crippen molar-refractivity contribution in [2.45, 2.75) is 11.1 Å². The lowest BCUT2D eigenvalue weighted by Gasteiger charge is -2.10. The van der Waals surface area contributed by atoms with Crippen LogP contribution in [-0.4, -0.2) is 29.7 Å². The van der Waals surface area contributed by atoms with Gasteiger partial charge in [0.05, 0.1) is 22.6 Å². The monoisotopic (exact) mass is 513 g/mol. The maximum absolute atomic E-state index is 12.8. The zero-order valence-corrected chi connectivity index (χ0v) is 19.4. The van der Waals surface area contributed by atoms with E-state index in [1.807, 2.05) is 0 Å². The van der Waals surface area contributed by atoms with Crippen LogP contribution in [0.1, 0.15) is 5.56 Å². The third-order valence-corrected chi connectivity index (χ3v) is 6.05. The molecular formula is C24H18F3N5O3S. The predicted molar refractivity (Wildman–Crippen MR) is 128 cm³/mol. The zero-order valence-electron chi connectivity index (χ0n) is 18.6. The van der Waals surface area contributed by atoms with Gasteiger partial charge in [-0.25, -0.2) is 18.4 Å². The van der Waals surface area contributed by atoms with E-state index in [4.69, 9.17) is 0 Å². The maximum Gasteiger partial charge on any atom is 0.416 e. The molecule has 12 heteroatoms. The molecule has 1 heterocycles. The number of phenols is 1. The average molecular weight is 514 g/mol. The Bertz CT molecular complexity index is 1540. The van der Waals surface area contributed by atoms with Gasteiger partial charge in [0.15, 0.2) is 9.84 Å². The van der Waals surface area contributed by atoms with E-state index in [-0.39, 0.29) is 22.3 Å². The highest BCUT2D eigenvalue weighted by atomic mass is 32.2. The second-order valence-corrected chi connectivity index (χ2v) is 9.59. The molecule has 36 heavy (non-hydrogen) atoms. The predicted octanol–water partition coefficient (Wildman–Crippen LogP) is 6.43. The number of phenolic OH excluding ortho intramolecular Hbond substituents is 1. The third-order valence-electron chi connectivity index (χ3n) is 4.92. The molecule has 0 spiro atoms. The Morgan fingerprint density at radius 2 is 1.67 bits per heavy atom. The molecule has 3 aromatic carbocycles. The van der Waals surface area contributed by atoms with Crippen LogP contribution in [0.3, 0.4) is 0 Å². The van der Waals surface area contributed by atoms with Gasteiger partial charge in [0.25, 0.3) is 0 Å². The van der Waals surface area contributed by atoms with E-state index in [1.165, 1.54) is 36.5 Å². The Morgan fingerprint density at radius 3 is 2.36 bits per heavy atom. The molecule has 0 radical (unpaired) electrons. The Morgan fingerprint density at radius 1 is 0.944 bits per heavy atom. The van der Waals surface area contributed by atoms with Crippen LogP contribution in [0.4, 0.5) is 36.2 Å². The molecule has 0 amide bonds. The summed E-state index contributed by atoms with van der Waals surface area (Å²) in [5.74, 6) is -0.221. The second kappa shape index (κ2) is 9.74. The van der Waals surface area contributed by atoms with Crippen molar-refractivity contribution in [1.29, 1.82) is 0 Å². The fraction of sp³-hybridized carbons (Fsp3) is 0.0833. The molecular weight excluding hydrogens is 495 g/mol. The molecule has 0 saturated heterocycles. The smallest absolute Gasteiger partial charge is 0.416 e. The summed E-state index contributed by atoms with van der Waals surface area (Å²) < 4.78 is 62.0. The van der Waals surface area contributed by atoms with Gasteiger partial charge in [-0.15, -0.1) is 5.11 Å². The molecule has 0 aliphatic rings. The molecule has 8 nitrogen and oxygen atoms in total. The Kier molecular flexibility index (Phi) is 6.71. The molecule has 0 aliphatic carbocycles. The first kappa shape index (κ1) is 24.8. The lowest BCUT2D eigenvalue weighted by molar-refractivity contribution is -0.137. The number of benzene rings is 3. The van der Waals surface area contributed by atoms with Crippen LogP contribution < -0.4 is 5.32 Å². The van der Waals surface area contributed by atoms with Gasteiger partial charge in [0.2, 0.25) is 5.95 Å². The van der Waals surface area contributed by atoms with Crippen molar-refractivity contribution in [3.05, 3.63) is 84.6 Å². The summed E-state index contributed by atoms with van der Waals surface area (Å²) in [5, 5.41) is 21.0. The maximum atomic E-state index is 12.8. The first-order valence-corrected chi connectivity index (χ1v) is 12.2. The van der Waals surface area contributed by atoms with Crippen molar-refractivity contribution in [2.24, 2.45) is 10.2 Å². The van der Waals surface area contributed by atoms with Gasteiger partial charge < -0.3 is 10.4 Å². The summed E-state index contributed by atoms with van der Waals surface area (Å²) in [5.41, 5.74) is 1.31. The van der Waals surface area contributed by atoms with Crippen molar-refractivity contribution in [1.82, 2.24) is 9.97 Å². The highest BCUT2D eigenvalue weighted by molar-refractivity contribution is 7.90. The van der Waals surface area contributed by atoms with Crippen molar-refractivity contribution in [3.63, 3.8) is 0 Å². The minimum atomic E-state index is -4.43. The Hall–Kier alpha value is -4.32. The van der Waals surface area contributed by atoms with Crippen LogP contribution in [0, 0.1) is 0 Å². The molecule has 2 N–H and O–H groups in total. The highest BCUT2D eigenvalue weighted by Gasteiger charge is 2.30. The van der Waals surface area contributed by atoms with Gasteiger partial charge >= 0.3 is 6.18 Å². The topological polar surface area (TPSA) is 117 Å². The van der Waals surface area contributed by atoms with Gasteiger partial charge in [-0.1, -0.05) is 18.2 Å². The van der Waals surface area contributed by atoms with E-state index in [9.17, 15) is 26.7 Å². The minimum Gasteiger partial charge on any atom is -0.507 e. The number of nitrogens with zero attached hydrogens (tertiary/aromatic N) is 4. The van der Waals surface area contributed by atoms with Crippen LogP contribution in [0.25, 0.3) is 11.3 Å². The quantitative estimate of drug-likeness (QED) is 0.287. The zero-order chi connectivity index (χ0) is 25.9. The molecule has 4 rings (SSSR count). The second-order valence-electron chi connectivity index (χ2n) is 7.61. The number of alkyl halides is 3. The Labute approximate surface area is 204 Å². The van der Waals surface area contributed by atoms with Crippen LogP contribution in [0.5, 0.6) is 5.75 Å². The SMILES string of the molecule is CS(=O)(=O)c1cc(N=Nc2ccccc2-c2ccnc(Nc3ccc(C(F)(F)F)cc3)n2)ccc1O. The van der Waals surface area contributed by atoms with Crippen LogP contribution in [0.2, 0.25) is 0 Å². The van der Waals surface area contributed by atoms with Crippen LogP contribution in [0.15, 0.2) is 94.1 Å². The molecule has 0 atom stereocenters. The van der Waals surface area contributed by atoms with Crippen LogP contribution >= 0.6 is 0 Å². The number of azo groups is 1. The van der Waals surface area contributed by atoms with Crippen LogP contribution in [-0.2, 0) is 16.0 Å². The third kappa shape index (κ3) is 5.84. The van der Waals surface area contributed by atoms with E-state index in [0.29, 0.717) is 22.6 Å². The molecule has 0 saturated carbocycles. The Balaban J connectivity index is 1.61. The van der Waals surface area contributed by atoms with Crippen molar-refractivity contribution < 1.29 is 26.7 Å². The largest absolute Gasteiger partial charge is 0.507 e. The number of hydrogen-bond acceptors (Lipinski definition) is 8. The van der Waals surface area contributed by atoms with Crippen molar-refractivity contribution >= 4 is 32.8 Å². The summed E-state index contributed by atoms with van der Waals surface area (Å²) in [6, 6.07) is 16.9. The van der Waals surface area contributed by atoms with Gasteiger partial charge in [-0.05, 0) is 54.6 Å². The number of aromatic hydroxyl groups is 1. The molecule has 0 fully saturated rings. The fourth-order valence-electron chi connectivity index (χ4n) is 3.19. The molecule has 0 unspecified atom stereocenters. The van der Waals surface area contributed by atoms with Crippen molar-refractivity contribution in [2.75, 3.05) is 11.6 Å². The fourth-order valence-corrected chi connectivity index (χ4v) is 3.97. The van der Waals surface area contributed by atoms with E-state index < -0.39 is 21.6 Å². The molecule has 0 bridgehead atoms. The normalized spacial score (nSPS) is 12.1. The van der Waals surface area contributed by atoms with E-state index in [2.05, 4.69) is 25.5 Å². The number of aromatic nitrogens is 2. The van der Waals surface area contributed by atoms with E-state index >= 15 is 0 Å². The molecule has 4 aromatic rings. The minimum absolute atomic E-state index is 0.162. The first-order valence-electron chi connectivity index (χ1n) is 10.3. The number of halogens is 3. The molecule has 184 valence electrons. The highest BCUT2D eigenvalue weighted by Crippen LogP contribution is 2.33. The van der Waals surface area contributed by atoms with Gasteiger partial charge in [-0.2, -0.15) is 18.3 Å². The number of anilines is 2. The van der Waals surface area contributed by atoms with Gasteiger partial charge in [0.1, 0.15) is 10.6 Å².